The number of carbonyl (C=O) groups is 2. The molecule has 350 valence electrons. The second-order valence-electron chi connectivity index (χ2n) is 26.3. The van der Waals surface area contributed by atoms with Gasteiger partial charge >= 0.3 is 11.9 Å². The zero-order chi connectivity index (χ0) is 45.6. The maximum Gasteiger partial charge on any atom is 0.302 e. The molecule has 0 bridgehead atoms. The number of carbonyl (C=O) groups excluding carboxylic acids is 2. The van der Waals surface area contributed by atoms with Crippen molar-refractivity contribution < 1.29 is 19.1 Å². The molecule has 6 nitrogen and oxygen atoms in total. The Labute approximate surface area is 387 Å². The number of hydrogen-bond donors (Lipinski definition) is 0. The third-order valence-corrected chi connectivity index (χ3v) is 22.2. The summed E-state index contributed by atoms with van der Waals surface area (Å²) in [6, 6.07) is 0. The van der Waals surface area contributed by atoms with E-state index < -0.39 is 0 Å². The molecule has 0 aromatic carbocycles. The molecule has 8 aliphatic carbocycles. The molecule has 2 heterocycles. The fourth-order valence-electron chi connectivity index (χ4n) is 19.6. The van der Waals surface area contributed by atoms with Crippen molar-refractivity contribution in [3.8, 4) is 0 Å². The van der Waals surface area contributed by atoms with Crippen LogP contribution in [0.5, 0.6) is 0 Å². The van der Waals surface area contributed by atoms with E-state index in [1.165, 1.54) is 86.5 Å². The molecule has 64 heavy (non-hydrogen) atoms. The van der Waals surface area contributed by atoms with E-state index in [1.807, 2.05) is 0 Å². The minimum Gasteiger partial charge on any atom is -0.462 e. The average molecular weight is 873 g/mol. The minimum atomic E-state index is -0.268. The molecule has 0 radical (unpaired) electrons. The first-order valence-electron chi connectivity index (χ1n) is 26.1. The fraction of sp³-hybridized carbons (Fsp3) is 0.759. The number of esters is 2. The van der Waals surface area contributed by atoms with E-state index in [0.717, 1.165) is 38.8 Å². The summed E-state index contributed by atoms with van der Waals surface area (Å²) >= 11 is 0. The topological polar surface area (TPSA) is 62.5 Å². The average Bonchev–Trinajstić information content (AvgIpc) is 3.82. The van der Waals surface area contributed by atoms with Gasteiger partial charge in [0, 0.05) is 62.6 Å². The monoisotopic (exact) mass is 873 g/mol. The zero-order valence-corrected chi connectivity index (χ0v) is 42.1. The number of unbranched alkanes of at least 4 members (excludes halogenated alkanes) is 1. The molecule has 8 aliphatic rings. The molecule has 2 aromatic rings. The number of rotatable bonds is 7. The van der Waals surface area contributed by atoms with Crippen LogP contribution in [0, 0.1) is 68.0 Å². The van der Waals surface area contributed by atoms with Crippen molar-refractivity contribution in [3.05, 3.63) is 59.2 Å². The first-order valence-corrected chi connectivity index (χ1v) is 26.1. The molecule has 10 rings (SSSR count). The Balaban J connectivity index is 0.863. The Morgan fingerprint density at radius 3 is 1.30 bits per heavy atom. The van der Waals surface area contributed by atoms with Gasteiger partial charge in [-0.25, -0.2) is 0 Å². The summed E-state index contributed by atoms with van der Waals surface area (Å²) in [5.41, 5.74) is 6.34. The van der Waals surface area contributed by atoms with E-state index in [4.69, 9.17) is 9.47 Å². The van der Waals surface area contributed by atoms with Gasteiger partial charge < -0.3 is 18.6 Å². The summed E-state index contributed by atoms with van der Waals surface area (Å²) in [7, 11) is 0. The highest BCUT2D eigenvalue weighted by Gasteiger charge is 2.69. The van der Waals surface area contributed by atoms with Crippen LogP contribution in [0.4, 0.5) is 0 Å². The number of aryl methyl sites for hydroxylation is 2. The second kappa shape index (κ2) is 14.7. The van der Waals surface area contributed by atoms with Crippen LogP contribution in [0.3, 0.4) is 0 Å². The van der Waals surface area contributed by atoms with Crippen molar-refractivity contribution in [2.45, 2.75) is 209 Å². The normalized spacial score (nSPS) is 44.4. The highest BCUT2D eigenvalue weighted by molar-refractivity contribution is 5.68. The number of nitrogens with zero attached hydrogens (tertiary/aromatic N) is 2. The van der Waals surface area contributed by atoms with Gasteiger partial charge in [0.1, 0.15) is 12.2 Å². The number of fused-ring (bicyclic) bond motifs is 14. The van der Waals surface area contributed by atoms with Gasteiger partial charge in [0.25, 0.3) is 0 Å². The first-order chi connectivity index (χ1) is 30.0. The molecule has 6 saturated carbocycles. The third kappa shape index (κ3) is 6.26. The lowest BCUT2D eigenvalue weighted by Crippen LogP contribution is -2.66. The predicted octanol–water partition coefficient (Wildman–Crippen LogP) is 13.7. The Morgan fingerprint density at radius 1 is 0.531 bits per heavy atom. The minimum absolute atomic E-state index is 0.140. The van der Waals surface area contributed by atoms with Gasteiger partial charge in [0.05, 0.1) is 0 Å². The lowest BCUT2D eigenvalue weighted by Gasteiger charge is -2.69. The zero-order valence-electron chi connectivity index (χ0n) is 42.1. The standard InChI is InChI=1S/C58H84N2O4/c1-37(61)63-49-31-47-53(7)25-15-23-51(3,4)43(53)21-27-55(47,9)45-19-17-39-33-59(35-41(39)57(45,49)11)29-13-14-30-60-34-40-18-20-46-56(10)28-22-44-52(5,6)24-16-26-54(44,8)48(56)32-50(64-38(2)62)58(46,12)42(40)36-60/h17-20,33-36,43-50H,13-16,21-32H2,1-12H3/t43-,44-,45+,46+,47+,48+,49-,50-,53+,54+,55+,56+,57-,58-/m1/s1. The van der Waals surface area contributed by atoms with Gasteiger partial charge in [0.15, 0.2) is 0 Å². The smallest absolute Gasteiger partial charge is 0.302 e. The maximum atomic E-state index is 12.9. The van der Waals surface area contributed by atoms with Crippen LogP contribution >= 0.6 is 0 Å². The SMILES string of the molecule is CC(=O)O[C@@H]1C[C@H]2[C@@]3(C)CCCC(C)(C)[C@H]3CC[C@@]2(C)[C@@H]2C=Cc3cn(CCCCn4cc5c(c4)[C@@]4(C)[C@H](OC(C)=O)C[C@H]6[C@@]7(C)CCCC(C)(C)[C@H]7CC[C@@]6(C)[C@@H]4C=C5)cc3[C@@]12C. The number of allylic oxidation sites excluding steroid dienone is 2. The second-order valence-corrected chi connectivity index (χ2v) is 26.3. The lowest BCUT2D eigenvalue weighted by atomic mass is 9.36. The highest BCUT2D eigenvalue weighted by Crippen LogP contribution is 2.74. The first kappa shape index (κ1) is 44.8. The molecule has 0 amide bonds. The molecule has 14 atom stereocenters. The Kier molecular flexibility index (Phi) is 10.3. The summed E-state index contributed by atoms with van der Waals surface area (Å²) in [6.07, 6.45) is 36.2. The van der Waals surface area contributed by atoms with Crippen LogP contribution < -0.4 is 0 Å². The molecule has 2 aromatic heterocycles. The van der Waals surface area contributed by atoms with Gasteiger partial charge in [-0.15, -0.1) is 0 Å². The van der Waals surface area contributed by atoms with E-state index in [2.05, 4.69) is 127 Å². The maximum absolute atomic E-state index is 12.9. The highest BCUT2D eigenvalue weighted by atomic mass is 16.5. The quantitative estimate of drug-likeness (QED) is 0.205. The number of ether oxygens (including phenoxy) is 2. The third-order valence-electron chi connectivity index (χ3n) is 22.2. The van der Waals surface area contributed by atoms with Crippen LogP contribution in [-0.4, -0.2) is 33.3 Å². The van der Waals surface area contributed by atoms with Gasteiger partial charge in [-0.3, -0.25) is 9.59 Å². The van der Waals surface area contributed by atoms with Gasteiger partial charge in [-0.05, 0) is 167 Å². The van der Waals surface area contributed by atoms with Crippen molar-refractivity contribution in [2.75, 3.05) is 0 Å². The van der Waals surface area contributed by atoms with Crippen molar-refractivity contribution in [1.82, 2.24) is 9.13 Å². The van der Waals surface area contributed by atoms with Crippen LogP contribution in [0.1, 0.15) is 195 Å². The van der Waals surface area contributed by atoms with E-state index in [1.54, 1.807) is 13.8 Å². The molecule has 6 heteroatoms. The van der Waals surface area contributed by atoms with Gasteiger partial charge in [0.2, 0.25) is 0 Å². The van der Waals surface area contributed by atoms with Crippen LogP contribution in [0.15, 0.2) is 36.9 Å². The summed E-state index contributed by atoms with van der Waals surface area (Å²) in [5.74, 6) is 2.82. The molecule has 0 N–H and O–H groups in total. The molecule has 0 spiro atoms. The van der Waals surface area contributed by atoms with Crippen LogP contribution in [0.2, 0.25) is 0 Å². The summed E-state index contributed by atoms with van der Waals surface area (Å²) < 4.78 is 17.9. The van der Waals surface area contributed by atoms with E-state index >= 15 is 0 Å². The summed E-state index contributed by atoms with van der Waals surface area (Å²) in [5, 5.41) is 0. The van der Waals surface area contributed by atoms with Crippen molar-refractivity contribution in [2.24, 2.45) is 68.0 Å². The van der Waals surface area contributed by atoms with E-state index in [0.29, 0.717) is 46.3 Å². The van der Waals surface area contributed by atoms with Gasteiger partial charge in [-0.1, -0.05) is 106 Å². The molecule has 0 unspecified atom stereocenters. The van der Waals surface area contributed by atoms with Crippen molar-refractivity contribution in [3.63, 3.8) is 0 Å². The predicted molar refractivity (Wildman–Crippen MR) is 258 cm³/mol. The van der Waals surface area contributed by atoms with Gasteiger partial charge in [-0.2, -0.15) is 0 Å². The van der Waals surface area contributed by atoms with Crippen LogP contribution in [0.25, 0.3) is 12.2 Å². The van der Waals surface area contributed by atoms with Crippen molar-refractivity contribution >= 4 is 24.1 Å². The molecular formula is C58H84N2O4. The van der Waals surface area contributed by atoms with E-state index in [-0.39, 0.29) is 56.6 Å². The molecule has 0 saturated heterocycles. The van der Waals surface area contributed by atoms with Crippen molar-refractivity contribution in [1.29, 1.82) is 0 Å². The van der Waals surface area contributed by atoms with Crippen LogP contribution in [-0.2, 0) is 43.0 Å². The van der Waals surface area contributed by atoms with E-state index in [9.17, 15) is 9.59 Å². The molecule has 0 aliphatic heterocycles. The summed E-state index contributed by atoms with van der Waals surface area (Å²) in [6.45, 7) is 30.6. The number of aromatic nitrogens is 2. The fourth-order valence-corrected chi connectivity index (χ4v) is 19.6. The molecular weight excluding hydrogens is 789 g/mol. The lowest BCUT2D eigenvalue weighted by molar-refractivity contribution is -0.205. The Bertz CT molecular complexity index is 2100. The largest absolute Gasteiger partial charge is 0.462 e. The number of hydrogen-bond acceptors (Lipinski definition) is 4. The Hall–Kier alpha value is -3.02. The molecule has 6 fully saturated rings. The Morgan fingerprint density at radius 2 is 0.922 bits per heavy atom. The summed E-state index contributed by atoms with van der Waals surface area (Å²) in [4.78, 5) is 25.9.